The number of carbonyl (C=O) groups excluding carboxylic acids is 1. The Morgan fingerprint density at radius 1 is 0.976 bits per heavy atom. The Morgan fingerprint density at radius 2 is 1.80 bits per heavy atom. The highest BCUT2D eigenvalue weighted by atomic mass is 19.1. The van der Waals surface area contributed by atoms with E-state index in [0.29, 0.717) is 47.7 Å². The summed E-state index contributed by atoms with van der Waals surface area (Å²) >= 11 is 0. The first-order chi connectivity index (χ1) is 19.8. The molecule has 0 saturated heterocycles. The van der Waals surface area contributed by atoms with Crippen LogP contribution in [0.25, 0.3) is 11.0 Å². The molecular weight excluding hydrogens is 529 g/mol. The van der Waals surface area contributed by atoms with Crippen LogP contribution in [0.3, 0.4) is 0 Å². The van der Waals surface area contributed by atoms with Gasteiger partial charge >= 0.3 is 0 Å². The van der Waals surface area contributed by atoms with Crippen LogP contribution in [0.2, 0.25) is 0 Å². The van der Waals surface area contributed by atoms with E-state index < -0.39 is 23.2 Å². The van der Waals surface area contributed by atoms with Crippen molar-refractivity contribution in [3.05, 3.63) is 93.1 Å². The summed E-state index contributed by atoms with van der Waals surface area (Å²) in [6.45, 7) is 7.34. The molecule has 0 radical (unpaired) electrons. The summed E-state index contributed by atoms with van der Waals surface area (Å²) in [5.41, 5.74) is 1.27. The maximum Gasteiger partial charge on any atom is 0.291 e. The van der Waals surface area contributed by atoms with E-state index >= 15 is 0 Å². The van der Waals surface area contributed by atoms with E-state index in [9.17, 15) is 14.0 Å². The van der Waals surface area contributed by atoms with Gasteiger partial charge in [0.1, 0.15) is 11.4 Å². The second-order valence-electron chi connectivity index (χ2n) is 10.5. The van der Waals surface area contributed by atoms with Crippen LogP contribution in [0.15, 0.2) is 63.8 Å². The van der Waals surface area contributed by atoms with Crippen LogP contribution in [0.5, 0.6) is 23.0 Å². The van der Waals surface area contributed by atoms with Gasteiger partial charge in [-0.2, -0.15) is 0 Å². The minimum absolute atomic E-state index is 0.0601. The average molecular weight is 560 g/mol. The lowest BCUT2D eigenvalue weighted by Gasteiger charge is -2.26. The Balaban J connectivity index is 1.46. The molecule has 0 saturated carbocycles. The molecule has 0 spiro atoms. The van der Waals surface area contributed by atoms with Crippen LogP contribution in [-0.4, -0.2) is 30.8 Å². The van der Waals surface area contributed by atoms with E-state index in [1.54, 1.807) is 23.1 Å². The molecule has 3 heterocycles. The third kappa shape index (κ3) is 4.96. The van der Waals surface area contributed by atoms with Gasteiger partial charge in [-0.3, -0.25) is 9.59 Å². The molecule has 6 rings (SSSR count). The van der Waals surface area contributed by atoms with E-state index in [2.05, 4.69) is 13.8 Å². The minimum Gasteiger partial charge on any atom is -0.490 e. The van der Waals surface area contributed by atoms with Gasteiger partial charge in [-0.25, -0.2) is 4.39 Å². The first kappa shape index (κ1) is 26.7. The SMILES string of the molecule is CCOc1cc([C@@H]2c3c(oc4ccc(F)cc4c3=O)C(=O)N2Cc2ccc3c(c2)OCO3)ccc1OCCC(C)C. The number of ether oxygens (including phenoxy) is 4. The molecule has 41 heavy (non-hydrogen) atoms. The number of fused-ring (bicyclic) bond motifs is 3. The van der Waals surface area contributed by atoms with Crippen LogP contribution < -0.4 is 24.4 Å². The predicted octanol–water partition coefficient (Wildman–Crippen LogP) is 6.23. The monoisotopic (exact) mass is 559 g/mol. The number of halogens is 1. The molecule has 0 bridgehead atoms. The van der Waals surface area contributed by atoms with Gasteiger partial charge in [0, 0.05) is 6.54 Å². The van der Waals surface area contributed by atoms with Crippen LogP contribution in [0, 0.1) is 11.7 Å². The van der Waals surface area contributed by atoms with Crippen LogP contribution in [0.1, 0.15) is 60.5 Å². The molecule has 0 N–H and O–H groups in total. The van der Waals surface area contributed by atoms with Crippen molar-refractivity contribution in [1.29, 1.82) is 0 Å². The highest BCUT2D eigenvalue weighted by molar-refractivity contribution is 5.99. The molecule has 1 amide bonds. The Kier molecular flexibility index (Phi) is 7.03. The highest BCUT2D eigenvalue weighted by Gasteiger charge is 2.43. The van der Waals surface area contributed by atoms with E-state index in [1.807, 2.05) is 25.1 Å². The van der Waals surface area contributed by atoms with Gasteiger partial charge in [-0.1, -0.05) is 26.0 Å². The molecule has 2 aliphatic rings. The van der Waals surface area contributed by atoms with Crippen molar-refractivity contribution in [3.8, 4) is 23.0 Å². The fourth-order valence-corrected chi connectivity index (χ4v) is 5.23. The van der Waals surface area contributed by atoms with Gasteiger partial charge < -0.3 is 28.3 Å². The average Bonchev–Trinajstić information content (AvgIpc) is 3.52. The molecule has 8 nitrogen and oxygen atoms in total. The summed E-state index contributed by atoms with van der Waals surface area (Å²) in [5, 5.41) is 0.0742. The van der Waals surface area contributed by atoms with Gasteiger partial charge in [0.2, 0.25) is 12.6 Å². The van der Waals surface area contributed by atoms with Crippen molar-refractivity contribution in [1.82, 2.24) is 4.90 Å². The predicted molar refractivity (Wildman–Crippen MR) is 149 cm³/mol. The zero-order valence-corrected chi connectivity index (χ0v) is 23.1. The van der Waals surface area contributed by atoms with Gasteiger partial charge in [0.05, 0.1) is 30.2 Å². The second kappa shape index (κ2) is 10.8. The number of hydrogen-bond acceptors (Lipinski definition) is 7. The van der Waals surface area contributed by atoms with E-state index in [-0.39, 0.29) is 35.6 Å². The van der Waals surface area contributed by atoms with Crippen molar-refractivity contribution < 1.29 is 32.5 Å². The number of hydrogen-bond donors (Lipinski definition) is 0. The summed E-state index contributed by atoms with van der Waals surface area (Å²) in [5.74, 6) is 1.71. The highest BCUT2D eigenvalue weighted by Crippen LogP contribution is 2.42. The molecular formula is C32H30FNO7. The van der Waals surface area contributed by atoms with E-state index in [1.165, 1.54) is 12.1 Å². The summed E-state index contributed by atoms with van der Waals surface area (Å²) in [6, 6.07) is 13.8. The molecule has 2 aliphatic heterocycles. The van der Waals surface area contributed by atoms with Gasteiger partial charge in [0.15, 0.2) is 28.4 Å². The zero-order chi connectivity index (χ0) is 28.7. The Morgan fingerprint density at radius 3 is 2.61 bits per heavy atom. The minimum atomic E-state index is -0.809. The van der Waals surface area contributed by atoms with Crippen molar-refractivity contribution in [3.63, 3.8) is 0 Å². The Labute approximate surface area is 236 Å². The van der Waals surface area contributed by atoms with Crippen molar-refractivity contribution in [2.75, 3.05) is 20.0 Å². The topological polar surface area (TPSA) is 87.4 Å². The second-order valence-corrected chi connectivity index (χ2v) is 10.5. The lowest BCUT2D eigenvalue weighted by molar-refractivity contribution is 0.0714. The Bertz CT molecular complexity index is 1700. The Hall–Kier alpha value is -4.53. The fraction of sp³-hybridized carbons (Fsp3) is 0.312. The smallest absolute Gasteiger partial charge is 0.291 e. The standard InChI is InChI=1S/C32H30FNO7/c1-4-37-27-14-20(6-9-24(27)38-12-11-18(2)3)29-28-30(35)22-15-21(33)7-10-23(22)41-31(28)32(36)34(29)16-19-5-8-25-26(13-19)40-17-39-25/h5-10,13-15,18,29H,4,11-12,16-17H2,1-3H3/t29-/m1/s1. The number of carbonyl (C=O) groups is 1. The largest absolute Gasteiger partial charge is 0.490 e. The summed E-state index contributed by atoms with van der Waals surface area (Å²) in [4.78, 5) is 29.3. The molecule has 3 aromatic carbocycles. The summed E-state index contributed by atoms with van der Waals surface area (Å²) < 4.78 is 43.0. The molecule has 1 aromatic heterocycles. The van der Waals surface area contributed by atoms with Crippen molar-refractivity contribution >= 4 is 16.9 Å². The quantitative estimate of drug-likeness (QED) is 0.240. The maximum absolute atomic E-state index is 14.2. The van der Waals surface area contributed by atoms with Crippen LogP contribution in [-0.2, 0) is 6.54 Å². The molecule has 4 aromatic rings. The fourth-order valence-electron chi connectivity index (χ4n) is 5.23. The third-order valence-electron chi connectivity index (χ3n) is 7.25. The molecule has 0 fully saturated rings. The van der Waals surface area contributed by atoms with Gasteiger partial charge in [-0.15, -0.1) is 0 Å². The number of nitrogens with zero attached hydrogens (tertiary/aromatic N) is 1. The first-order valence-electron chi connectivity index (χ1n) is 13.7. The first-order valence-corrected chi connectivity index (χ1v) is 13.7. The van der Waals surface area contributed by atoms with Gasteiger partial charge in [-0.05, 0) is 72.9 Å². The van der Waals surface area contributed by atoms with Crippen LogP contribution in [0.4, 0.5) is 4.39 Å². The lowest BCUT2D eigenvalue weighted by atomic mass is 9.97. The maximum atomic E-state index is 14.2. The van der Waals surface area contributed by atoms with Crippen molar-refractivity contribution in [2.45, 2.75) is 39.8 Å². The number of rotatable bonds is 9. The van der Waals surface area contributed by atoms with E-state index in [0.717, 1.165) is 18.1 Å². The number of amides is 1. The van der Waals surface area contributed by atoms with Crippen molar-refractivity contribution in [2.24, 2.45) is 5.92 Å². The lowest BCUT2D eigenvalue weighted by Crippen LogP contribution is -2.29. The molecule has 0 aliphatic carbocycles. The third-order valence-corrected chi connectivity index (χ3v) is 7.25. The van der Waals surface area contributed by atoms with E-state index in [4.69, 9.17) is 23.4 Å². The molecule has 212 valence electrons. The normalized spacial score (nSPS) is 15.6. The molecule has 9 heteroatoms. The summed E-state index contributed by atoms with van der Waals surface area (Å²) in [6.07, 6.45) is 0.881. The van der Waals surface area contributed by atoms with Gasteiger partial charge in [0.25, 0.3) is 5.91 Å². The zero-order valence-electron chi connectivity index (χ0n) is 23.1. The summed E-state index contributed by atoms with van der Waals surface area (Å²) in [7, 11) is 0. The van der Waals surface area contributed by atoms with Crippen LogP contribution >= 0.6 is 0 Å². The number of benzene rings is 3. The molecule has 0 unspecified atom stereocenters. The molecule has 1 atom stereocenters.